The summed E-state index contributed by atoms with van der Waals surface area (Å²) in [4.78, 5) is 4.46. The van der Waals surface area contributed by atoms with E-state index in [1.165, 1.54) is 0 Å². The Labute approximate surface area is 118 Å². The largest absolute Gasteiger partial charge is 0.357 e. The van der Waals surface area contributed by atoms with Gasteiger partial charge in [-0.2, -0.15) is 4.99 Å². The van der Waals surface area contributed by atoms with Crippen LogP contribution in [0, 0.1) is 5.41 Å². The highest BCUT2D eigenvalue weighted by Gasteiger charge is 2.36. The number of hydrogen-bond donors (Lipinski definition) is 3. The third-order valence-corrected chi connectivity index (χ3v) is 3.15. The van der Waals surface area contributed by atoms with Crippen LogP contribution in [0.25, 0.3) is 0 Å². The SMILES string of the molecule is CC(C)(C)C1N=C(N)NC(N)=[N+]1c1ccc(Cl)cc1. The number of halogens is 1. The monoisotopic (exact) mass is 280 g/mol. The van der Waals surface area contributed by atoms with E-state index in [1.807, 2.05) is 28.8 Å². The molecule has 0 amide bonds. The van der Waals surface area contributed by atoms with Crippen molar-refractivity contribution in [2.75, 3.05) is 0 Å². The van der Waals surface area contributed by atoms with Crippen LogP contribution in [0.3, 0.4) is 0 Å². The first-order valence-electron chi connectivity index (χ1n) is 6.06. The quantitative estimate of drug-likeness (QED) is 0.684. The first kappa shape index (κ1) is 13.7. The zero-order valence-corrected chi connectivity index (χ0v) is 12.1. The van der Waals surface area contributed by atoms with Crippen molar-refractivity contribution in [3.05, 3.63) is 29.3 Å². The molecule has 1 aromatic rings. The Morgan fingerprint density at radius 3 is 2.32 bits per heavy atom. The van der Waals surface area contributed by atoms with E-state index >= 15 is 0 Å². The lowest BCUT2D eigenvalue weighted by atomic mass is 9.91. The van der Waals surface area contributed by atoms with Crippen LogP contribution in [0.15, 0.2) is 29.3 Å². The van der Waals surface area contributed by atoms with Crippen molar-refractivity contribution in [1.29, 1.82) is 0 Å². The van der Waals surface area contributed by atoms with Crippen molar-refractivity contribution in [3.8, 4) is 0 Å². The molecule has 102 valence electrons. The maximum Gasteiger partial charge on any atom is 0.357 e. The highest BCUT2D eigenvalue weighted by molar-refractivity contribution is 6.30. The second-order valence-corrected chi connectivity index (χ2v) is 6.05. The van der Waals surface area contributed by atoms with Crippen molar-refractivity contribution in [2.45, 2.75) is 26.9 Å². The molecule has 1 aliphatic heterocycles. The third kappa shape index (κ3) is 2.81. The van der Waals surface area contributed by atoms with Crippen molar-refractivity contribution in [3.63, 3.8) is 0 Å². The molecule has 5 N–H and O–H groups in total. The molecule has 0 saturated heterocycles. The molecule has 1 aromatic carbocycles. The molecule has 0 aromatic heterocycles. The number of nitrogens with zero attached hydrogens (tertiary/aromatic N) is 2. The standard InChI is InChI=1S/C13H18ClN5/c1-13(2,3)10-17-11(15)18-12(16)19(10)9-6-4-8(14)5-7-9/h4-7,10H,1-3H3,(H4,15,16,17,18)/p+1. The minimum absolute atomic E-state index is 0.114. The van der Waals surface area contributed by atoms with Gasteiger partial charge in [-0.1, -0.05) is 32.4 Å². The van der Waals surface area contributed by atoms with Gasteiger partial charge >= 0.3 is 5.96 Å². The van der Waals surface area contributed by atoms with Crippen molar-refractivity contribution in [2.24, 2.45) is 21.9 Å². The Hall–Kier alpha value is -1.75. The fourth-order valence-corrected chi connectivity index (χ4v) is 2.13. The van der Waals surface area contributed by atoms with Gasteiger partial charge in [-0.3, -0.25) is 5.73 Å². The molecule has 0 spiro atoms. The number of benzene rings is 1. The summed E-state index contributed by atoms with van der Waals surface area (Å²) in [6, 6.07) is 7.47. The van der Waals surface area contributed by atoms with E-state index < -0.39 is 0 Å². The molecule has 19 heavy (non-hydrogen) atoms. The molecule has 1 unspecified atom stereocenters. The maximum absolute atomic E-state index is 6.06. The predicted molar refractivity (Wildman–Crippen MR) is 78.6 cm³/mol. The van der Waals surface area contributed by atoms with Gasteiger partial charge in [0.1, 0.15) is 5.69 Å². The molecule has 1 atom stereocenters. The number of hydrogen-bond acceptors (Lipinski definition) is 4. The average molecular weight is 281 g/mol. The number of nitrogens with two attached hydrogens (primary N) is 2. The molecule has 1 aliphatic rings. The Balaban J connectivity index is 2.51. The van der Waals surface area contributed by atoms with Crippen LogP contribution in [0.2, 0.25) is 5.02 Å². The highest BCUT2D eigenvalue weighted by atomic mass is 35.5. The van der Waals surface area contributed by atoms with Gasteiger partial charge in [0.15, 0.2) is 6.17 Å². The van der Waals surface area contributed by atoms with Crippen molar-refractivity contribution >= 4 is 29.2 Å². The number of guanidine groups is 2. The van der Waals surface area contributed by atoms with Gasteiger partial charge in [-0.05, 0) is 24.3 Å². The summed E-state index contributed by atoms with van der Waals surface area (Å²) in [5, 5.41) is 3.54. The number of rotatable bonds is 1. The summed E-state index contributed by atoms with van der Waals surface area (Å²) in [6.07, 6.45) is -0.171. The van der Waals surface area contributed by atoms with E-state index in [0.717, 1.165) is 5.69 Å². The Morgan fingerprint density at radius 2 is 1.79 bits per heavy atom. The van der Waals surface area contributed by atoms with Gasteiger partial charge in [0.05, 0.1) is 0 Å². The second-order valence-electron chi connectivity index (χ2n) is 5.61. The number of aliphatic imine (C=N–C) groups is 1. The molecule has 0 aliphatic carbocycles. The lowest BCUT2D eigenvalue weighted by Crippen LogP contribution is -2.55. The van der Waals surface area contributed by atoms with Gasteiger partial charge in [0.2, 0.25) is 0 Å². The van der Waals surface area contributed by atoms with Crippen LogP contribution >= 0.6 is 11.6 Å². The molecule has 5 nitrogen and oxygen atoms in total. The van der Waals surface area contributed by atoms with Crippen LogP contribution in [0.5, 0.6) is 0 Å². The van der Waals surface area contributed by atoms with Crippen LogP contribution < -0.4 is 16.8 Å². The van der Waals surface area contributed by atoms with Gasteiger partial charge in [-0.15, -0.1) is 0 Å². The first-order chi connectivity index (χ1) is 8.79. The van der Waals surface area contributed by atoms with Gasteiger partial charge in [0, 0.05) is 10.4 Å². The molecule has 0 bridgehead atoms. The molecule has 2 rings (SSSR count). The van der Waals surface area contributed by atoms with Crippen molar-refractivity contribution in [1.82, 2.24) is 5.32 Å². The maximum atomic E-state index is 6.06. The van der Waals surface area contributed by atoms with E-state index in [-0.39, 0.29) is 11.6 Å². The summed E-state index contributed by atoms with van der Waals surface area (Å²) in [6.45, 7) is 6.28. The van der Waals surface area contributed by atoms with Gasteiger partial charge < -0.3 is 5.73 Å². The van der Waals surface area contributed by atoms with E-state index in [9.17, 15) is 0 Å². The van der Waals surface area contributed by atoms with E-state index in [2.05, 4.69) is 31.1 Å². The second kappa shape index (κ2) is 4.74. The third-order valence-electron chi connectivity index (χ3n) is 2.90. The Kier molecular flexibility index (Phi) is 3.41. The van der Waals surface area contributed by atoms with Crippen LogP contribution in [-0.4, -0.2) is 22.7 Å². The molecule has 0 radical (unpaired) electrons. The fourth-order valence-electron chi connectivity index (χ4n) is 2.01. The summed E-state index contributed by atoms with van der Waals surface area (Å²) in [5.41, 5.74) is 12.6. The van der Waals surface area contributed by atoms with Crippen LogP contribution in [0.1, 0.15) is 20.8 Å². The lowest BCUT2D eigenvalue weighted by Gasteiger charge is -2.31. The summed E-state index contributed by atoms with van der Waals surface area (Å²) in [5.74, 6) is 0.803. The van der Waals surface area contributed by atoms with Gasteiger partial charge in [-0.25, -0.2) is 9.89 Å². The minimum Gasteiger partial charge on any atom is -0.357 e. The first-order valence-corrected chi connectivity index (χ1v) is 6.44. The summed E-state index contributed by atoms with van der Waals surface area (Å²) >= 11 is 5.92. The molecule has 0 fully saturated rings. The van der Waals surface area contributed by atoms with Crippen molar-refractivity contribution < 1.29 is 4.58 Å². The lowest BCUT2D eigenvalue weighted by molar-refractivity contribution is -0.506. The fraction of sp³-hybridized carbons (Fsp3) is 0.385. The predicted octanol–water partition coefficient (Wildman–Crippen LogP) is 1.59. The topological polar surface area (TPSA) is 79.4 Å². The van der Waals surface area contributed by atoms with Crippen LogP contribution in [0.4, 0.5) is 5.69 Å². The zero-order valence-electron chi connectivity index (χ0n) is 11.3. The molecule has 0 saturated carbocycles. The molecule has 6 heteroatoms. The molecular weight excluding hydrogens is 262 g/mol. The average Bonchev–Trinajstić information content (AvgIpc) is 2.28. The minimum atomic E-state index is -0.171. The van der Waals surface area contributed by atoms with Gasteiger partial charge in [0.25, 0.3) is 5.96 Å². The van der Waals surface area contributed by atoms with E-state index in [4.69, 9.17) is 23.1 Å². The highest BCUT2D eigenvalue weighted by Crippen LogP contribution is 2.29. The Morgan fingerprint density at radius 1 is 1.21 bits per heavy atom. The van der Waals surface area contributed by atoms with Crippen LogP contribution in [-0.2, 0) is 0 Å². The summed E-state index contributed by atoms with van der Waals surface area (Å²) in [7, 11) is 0. The zero-order chi connectivity index (χ0) is 14.2. The summed E-state index contributed by atoms with van der Waals surface area (Å²) < 4.78 is 1.92. The number of nitrogens with one attached hydrogen (secondary N) is 1. The van der Waals surface area contributed by atoms with E-state index in [1.54, 1.807) is 0 Å². The normalized spacial score (nSPS) is 20.0. The smallest absolute Gasteiger partial charge is 0.357 e. The Bertz CT molecular complexity index is 539. The van der Waals surface area contributed by atoms with E-state index in [0.29, 0.717) is 16.9 Å². The molecular formula is C13H19ClN5+. The molecule has 1 heterocycles.